The number of aryl methyl sites for hydroxylation is 2. The van der Waals surface area contributed by atoms with Gasteiger partial charge in [0.05, 0.1) is 13.0 Å². The number of nitrogens with zero attached hydrogens (tertiary/aromatic N) is 1. The first kappa shape index (κ1) is 19.6. The van der Waals surface area contributed by atoms with Crippen LogP contribution < -0.4 is 9.64 Å². The summed E-state index contributed by atoms with van der Waals surface area (Å²) in [4.78, 5) is 38.6. The molecular formula is C22H23NO5. The first-order valence-corrected chi connectivity index (χ1v) is 9.10. The Balaban J connectivity index is 1.60. The van der Waals surface area contributed by atoms with Gasteiger partial charge in [-0.05, 0) is 49.2 Å². The SMILES string of the molecule is COc1cccc(C(=O)COC(=O)[C@H]2CC(=O)N(c3ccc(C)c(C)c3)C2)c1. The molecule has 1 saturated heterocycles. The molecule has 1 aliphatic rings. The third-order valence-electron chi connectivity index (χ3n) is 5.00. The van der Waals surface area contributed by atoms with Gasteiger partial charge in [0, 0.05) is 24.2 Å². The molecule has 0 aliphatic carbocycles. The second kappa shape index (κ2) is 8.25. The number of esters is 1. The summed E-state index contributed by atoms with van der Waals surface area (Å²) in [6.07, 6.45) is 0.0824. The first-order valence-electron chi connectivity index (χ1n) is 9.10. The van der Waals surface area contributed by atoms with Crippen LogP contribution in [0.15, 0.2) is 42.5 Å². The van der Waals surface area contributed by atoms with E-state index in [4.69, 9.17) is 9.47 Å². The topological polar surface area (TPSA) is 72.9 Å². The van der Waals surface area contributed by atoms with Gasteiger partial charge in [0.25, 0.3) is 0 Å². The van der Waals surface area contributed by atoms with Crippen LogP contribution in [0.3, 0.4) is 0 Å². The number of amides is 1. The minimum absolute atomic E-state index is 0.0824. The predicted molar refractivity (Wildman–Crippen MR) is 105 cm³/mol. The van der Waals surface area contributed by atoms with Crippen LogP contribution in [0, 0.1) is 19.8 Å². The van der Waals surface area contributed by atoms with E-state index >= 15 is 0 Å². The zero-order valence-corrected chi connectivity index (χ0v) is 16.2. The predicted octanol–water partition coefficient (Wildman–Crippen LogP) is 3.09. The lowest BCUT2D eigenvalue weighted by Gasteiger charge is -2.17. The molecular weight excluding hydrogens is 358 g/mol. The van der Waals surface area contributed by atoms with Crippen molar-refractivity contribution in [1.29, 1.82) is 0 Å². The number of ether oxygens (including phenoxy) is 2. The smallest absolute Gasteiger partial charge is 0.311 e. The Kier molecular flexibility index (Phi) is 5.78. The summed E-state index contributed by atoms with van der Waals surface area (Å²) < 4.78 is 10.3. The lowest BCUT2D eigenvalue weighted by Crippen LogP contribution is -2.27. The highest BCUT2D eigenvalue weighted by molar-refractivity contribution is 6.01. The fraction of sp³-hybridized carbons (Fsp3) is 0.318. The van der Waals surface area contributed by atoms with Crippen LogP contribution in [0.1, 0.15) is 27.9 Å². The van der Waals surface area contributed by atoms with Gasteiger partial charge < -0.3 is 14.4 Å². The number of rotatable bonds is 6. The second-order valence-electron chi connectivity index (χ2n) is 6.94. The number of ketones is 1. The molecule has 3 rings (SSSR count). The number of benzene rings is 2. The Labute approximate surface area is 164 Å². The zero-order valence-electron chi connectivity index (χ0n) is 16.2. The average Bonchev–Trinajstić information content (AvgIpc) is 3.09. The van der Waals surface area contributed by atoms with E-state index in [1.165, 1.54) is 7.11 Å². The van der Waals surface area contributed by atoms with E-state index in [1.807, 2.05) is 32.0 Å². The molecule has 2 aromatic carbocycles. The van der Waals surface area contributed by atoms with E-state index in [0.717, 1.165) is 16.8 Å². The fourth-order valence-corrected chi connectivity index (χ4v) is 3.14. The summed E-state index contributed by atoms with van der Waals surface area (Å²) in [5.74, 6) is -0.988. The normalized spacial score (nSPS) is 16.2. The molecule has 146 valence electrons. The van der Waals surface area contributed by atoms with Crippen LogP contribution >= 0.6 is 0 Å². The Hall–Kier alpha value is -3.15. The van der Waals surface area contributed by atoms with Crippen LogP contribution in [-0.4, -0.2) is 37.9 Å². The van der Waals surface area contributed by atoms with E-state index in [2.05, 4.69) is 0 Å². The van der Waals surface area contributed by atoms with Crippen LogP contribution in [0.2, 0.25) is 0 Å². The van der Waals surface area contributed by atoms with Crippen molar-refractivity contribution in [2.45, 2.75) is 20.3 Å². The third kappa shape index (κ3) is 4.22. The number of carbonyl (C=O) groups is 3. The summed E-state index contributed by atoms with van der Waals surface area (Å²) in [7, 11) is 1.52. The zero-order chi connectivity index (χ0) is 20.3. The summed E-state index contributed by atoms with van der Waals surface area (Å²) in [5.41, 5.74) is 3.41. The third-order valence-corrected chi connectivity index (χ3v) is 5.00. The van der Waals surface area contributed by atoms with Gasteiger partial charge in [0.15, 0.2) is 12.4 Å². The highest BCUT2D eigenvalue weighted by Crippen LogP contribution is 2.27. The molecule has 0 radical (unpaired) electrons. The monoisotopic (exact) mass is 381 g/mol. The number of hydrogen-bond acceptors (Lipinski definition) is 5. The number of Topliss-reactive ketones (excluding diaryl/α,β-unsaturated/α-hetero) is 1. The Morgan fingerprint density at radius 3 is 2.61 bits per heavy atom. The summed E-state index contributed by atoms with van der Waals surface area (Å²) in [6.45, 7) is 3.88. The van der Waals surface area contributed by atoms with Gasteiger partial charge in [-0.25, -0.2) is 0 Å². The largest absolute Gasteiger partial charge is 0.497 e. The highest BCUT2D eigenvalue weighted by atomic mass is 16.5. The molecule has 0 bridgehead atoms. The average molecular weight is 381 g/mol. The van der Waals surface area contributed by atoms with E-state index in [9.17, 15) is 14.4 Å². The quantitative estimate of drug-likeness (QED) is 0.568. The van der Waals surface area contributed by atoms with Gasteiger partial charge in [0.2, 0.25) is 5.91 Å². The lowest BCUT2D eigenvalue weighted by molar-refractivity contribution is -0.147. The number of hydrogen-bond donors (Lipinski definition) is 0. The molecule has 6 heteroatoms. The van der Waals surface area contributed by atoms with Crippen molar-refractivity contribution in [3.8, 4) is 5.75 Å². The number of methoxy groups -OCH3 is 1. The highest BCUT2D eigenvalue weighted by Gasteiger charge is 2.36. The minimum atomic E-state index is -0.577. The fourth-order valence-electron chi connectivity index (χ4n) is 3.14. The van der Waals surface area contributed by atoms with Crippen molar-refractivity contribution < 1.29 is 23.9 Å². The van der Waals surface area contributed by atoms with Crippen LogP contribution in [0.25, 0.3) is 0 Å². The van der Waals surface area contributed by atoms with Crippen molar-refractivity contribution in [2.75, 3.05) is 25.2 Å². The maximum Gasteiger partial charge on any atom is 0.311 e. The van der Waals surface area contributed by atoms with Crippen LogP contribution in [0.5, 0.6) is 5.75 Å². The lowest BCUT2D eigenvalue weighted by atomic mass is 10.1. The molecule has 1 heterocycles. The molecule has 1 fully saturated rings. The molecule has 28 heavy (non-hydrogen) atoms. The second-order valence-corrected chi connectivity index (χ2v) is 6.94. The standard InChI is InChI=1S/C22H23NO5/c1-14-7-8-18(9-15(14)2)23-12-17(11-21(23)25)22(26)28-13-20(24)16-5-4-6-19(10-16)27-3/h4-10,17H,11-13H2,1-3H3/t17-/m0/s1. The molecule has 0 saturated carbocycles. The molecule has 2 aromatic rings. The number of anilines is 1. The van der Waals surface area contributed by atoms with E-state index in [0.29, 0.717) is 11.3 Å². The van der Waals surface area contributed by atoms with Crippen molar-refractivity contribution in [2.24, 2.45) is 5.92 Å². The maximum atomic E-state index is 12.4. The van der Waals surface area contributed by atoms with Gasteiger partial charge in [-0.15, -0.1) is 0 Å². The van der Waals surface area contributed by atoms with Gasteiger partial charge in [-0.2, -0.15) is 0 Å². The van der Waals surface area contributed by atoms with Gasteiger partial charge in [-0.1, -0.05) is 18.2 Å². The molecule has 1 aliphatic heterocycles. The molecule has 0 N–H and O–H groups in total. The first-order chi connectivity index (χ1) is 13.4. The molecule has 0 aromatic heterocycles. The Bertz CT molecular complexity index is 921. The van der Waals surface area contributed by atoms with Crippen molar-refractivity contribution in [3.63, 3.8) is 0 Å². The molecule has 0 spiro atoms. The van der Waals surface area contributed by atoms with E-state index in [1.54, 1.807) is 29.2 Å². The Morgan fingerprint density at radius 2 is 1.89 bits per heavy atom. The van der Waals surface area contributed by atoms with Crippen molar-refractivity contribution >= 4 is 23.3 Å². The summed E-state index contributed by atoms with van der Waals surface area (Å²) in [5, 5.41) is 0. The summed E-state index contributed by atoms with van der Waals surface area (Å²) in [6, 6.07) is 12.4. The Morgan fingerprint density at radius 1 is 1.11 bits per heavy atom. The van der Waals surface area contributed by atoms with Crippen molar-refractivity contribution in [3.05, 3.63) is 59.2 Å². The van der Waals surface area contributed by atoms with Gasteiger partial charge >= 0.3 is 5.97 Å². The minimum Gasteiger partial charge on any atom is -0.497 e. The number of carbonyl (C=O) groups excluding carboxylic acids is 3. The van der Waals surface area contributed by atoms with Gasteiger partial charge in [0.1, 0.15) is 5.75 Å². The molecule has 0 unspecified atom stereocenters. The van der Waals surface area contributed by atoms with Crippen molar-refractivity contribution in [1.82, 2.24) is 0 Å². The molecule has 6 nitrogen and oxygen atoms in total. The summed E-state index contributed by atoms with van der Waals surface area (Å²) >= 11 is 0. The molecule has 1 amide bonds. The maximum absolute atomic E-state index is 12.4. The van der Waals surface area contributed by atoms with Crippen LogP contribution in [0.4, 0.5) is 5.69 Å². The van der Waals surface area contributed by atoms with Crippen LogP contribution in [-0.2, 0) is 14.3 Å². The van der Waals surface area contributed by atoms with E-state index in [-0.39, 0.29) is 31.3 Å². The van der Waals surface area contributed by atoms with E-state index < -0.39 is 11.9 Å². The molecule has 1 atom stereocenters. The van der Waals surface area contributed by atoms with Gasteiger partial charge in [-0.3, -0.25) is 14.4 Å².